The van der Waals surface area contributed by atoms with Gasteiger partial charge in [0.15, 0.2) is 0 Å². The molecule has 0 aromatic heterocycles. The zero-order valence-corrected chi connectivity index (χ0v) is 14.8. The molecular formula is C15H21N3O3S2. The van der Waals surface area contributed by atoms with Gasteiger partial charge in [-0.2, -0.15) is 5.26 Å². The Kier molecular flexibility index (Phi) is 8.09. The molecule has 6 nitrogen and oxygen atoms in total. The largest absolute Gasteiger partial charge is 0.351 e. The number of nitriles is 1. The summed E-state index contributed by atoms with van der Waals surface area (Å²) in [6.07, 6.45) is 0. The van der Waals surface area contributed by atoms with Crippen LogP contribution in [0.3, 0.4) is 0 Å². The molecule has 2 N–H and O–H groups in total. The minimum absolute atomic E-state index is 0.0668. The summed E-state index contributed by atoms with van der Waals surface area (Å²) in [4.78, 5) is 11.5. The second-order valence-corrected chi connectivity index (χ2v) is 8.02. The van der Waals surface area contributed by atoms with E-state index in [1.165, 1.54) is 11.8 Å². The van der Waals surface area contributed by atoms with Crippen molar-refractivity contribution in [2.24, 2.45) is 0 Å². The average molecular weight is 355 g/mol. The van der Waals surface area contributed by atoms with Crippen LogP contribution in [-0.4, -0.2) is 31.9 Å². The van der Waals surface area contributed by atoms with Crippen molar-refractivity contribution in [3.63, 3.8) is 0 Å². The van der Waals surface area contributed by atoms with Crippen LogP contribution in [0.25, 0.3) is 0 Å². The molecule has 0 bridgehead atoms. The topological polar surface area (TPSA) is 99.1 Å². The Morgan fingerprint density at radius 3 is 2.43 bits per heavy atom. The number of sulfonamides is 1. The fourth-order valence-electron chi connectivity index (χ4n) is 1.81. The van der Waals surface area contributed by atoms with E-state index in [1.807, 2.05) is 6.07 Å². The van der Waals surface area contributed by atoms with Crippen LogP contribution in [0.4, 0.5) is 0 Å². The molecule has 0 saturated heterocycles. The first-order chi connectivity index (χ1) is 10.8. The first-order valence-corrected chi connectivity index (χ1v) is 9.92. The van der Waals surface area contributed by atoms with Gasteiger partial charge in [-0.3, -0.25) is 4.79 Å². The van der Waals surface area contributed by atoms with Crippen LogP contribution < -0.4 is 10.0 Å². The highest BCUT2D eigenvalue weighted by molar-refractivity contribution is 8.00. The van der Waals surface area contributed by atoms with E-state index >= 15 is 0 Å². The lowest BCUT2D eigenvalue weighted by atomic mass is 10.1. The van der Waals surface area contributed by atoms with Gasteiger partial charge in [-0.05, 0) is 25.0 Å². The van der Waals surface area contributed by atoms with Crippen LogP contribution in [0.5, 0.6) is 0 Å². The first kappa shape index (κ1) is 19.5. The summed E-state index contributed by atoms with van der Waals surface area (Å²) >= 11 is 1.26. The highest BCUT2D eigenvalue weighted by Gasteiger charge is 2.12. The average Bonchev–Trinajstić information content (AvgIpc) is 2.45. The fourth-order valence-corrected chi connectivity index (χ4v) is 3.73. The van der Waals surface area contributed by atoms with Gasteiger partial charge < -0.3 is 5.32 Å². The highest BCUT2D eigenvalue weighted by Crippen LogP contribution is 2.08. The molecule has 1 aromatic carbocycles. The maximum absolute atomic E-state index is 11.8. The number of amides is 1. The summed E-state index contributed by atoms with van der Waals surface area (Å²) in [5, 5.41) is 11.1. The summed E-state index contributed by atoms with van der Waals surface area (Å²) in [5.41, 5.74) is 1.58. The minimum atomic E-state index is -3.33. The van der Waals surface area contributed by atoms with E-state index in [0.29, 0.717) is 17.9 Å². The molecule has 8 heteroatoms. The monoisotopic (exact) mass is 355 g/mol. The van der Waals surface area contributed by atoms with Crippen molar-refractivity contribution < 1.29 is 13.2 Å². The van der Waals surface area contributed by atoms with Crippen molar-refractivity contribution >= 4 is 27.7 Å². The molecule has 0 atom stereocenters. The standard InChI is InChI=1S/C15H21N3O3S2/c1-12(2)18-23(20,21)11-14-5-3-13(4-6-14)9-17-15(19)10-22-8-7-16/h3-6,12,18H,8-11H2,1-2H3,(H,17,19). The summed E-state index contributed by atoms with van der Waals surface area (Å²) in [6, 6.07) is 8.90. The number of hydrogen-bond acceptors (Lipinski definition) is 5. The van der Waals surface area contributed by atoms with Gasteiger partial charge in [0.05, 0.1) is 23.3 Å². The Bertz CT molecular complexity index is 650. The molecule has 0 aliphatic rings. The highest BCUT2D eigenvalue weighted by atomic mass is 32.2. The smallest absolute Gasteiger partial charge is 0.230 e. The first-order valence-electron chi connectivity index (χ1n) is 7.11. The molecule has 1 aromatic rings. The molecule has 0 radical (unpaired) electrons. The third-order valence-corrected chi connectivity index (χ3v) is 5.03. The van der Waals surface area contributed by atoms with Gasteiger partial charge in [-0.1, -0.05) is 24.3 Å². The Hall–Kier alpha value is -1.56. The van der Waals surface area contributed by atoms with Crippen molar-refractivity contribution in [2.45, 2.75) is 32.2 Å². The predicted molar refractivity (Wildman–Crippen MR) is 92.1 cm³/mol. The van der Waals surface area contributed by atoms with Crippen molar-refractivity contribution in [3.8, 4) is 6.07 Å². The van der Waals surface area contributed by atoms with Crippen molar-refractivity contribution in [1.29, 1.82) is 5.26 Å². The third-order valence-electron chi connectivity index (χ3n) is 2.68. The molecule has 0 heterocycles. The normalized spacial score (nSPS) is 11.2. The van der Waals surface area contributed by atoms with Crippen LogP contribution >= 0.6 is 11.8 Å². The van der Waals surface area contributed by atoms with E-state index in [2.05, 4.69) is 10.0 Å². The molecule has 0 unspecified atom stereocenters. The van der Waals surface area contributed by atoms with Gasteiger partial charge in [0.25, 0.3) is 0 Å². The zero-order valence-electron chi connectivity index (χ0n) is 13.2. The molecule has 0 fully saturated rings. The predicted octanol–water partition coefficient (Wildman–Crippen LogP) is 1.39. The lowest BCUT2D eigenvalue weighted by molar-refractivity contribution is -0.118. The van der Waals surface area contributed by atoms with E-state index in [-0.39, 0.29) is 23.5 Å². The molecule has 0 saturated carbocycles. The Labute approximate surface area is 141 Å². The van der Waals surface area contributed by atoms with E-state index in [0.717, 1.165) is 5.56 Å². The number of thioether (sulfide) groups is 1. The number of benzene rings is 1. The van der Waals surface area contributed by atoms with Gasteiger partial charge in [-0.25, -0.2) is 13.1 Å². The molecule has 0 aliphatic carbocycles. The summed E-state index contributed by atoms with van der Waals surface area (Å²) < 4.78 is 26.2. The van der Waals surface area contributed by atoms with Gasteiger partial charge in [0.1, 0.15) is 0 Å². The number of hydrogen-bond donors (Lipinski definition) is 2. The molecule has 23 heavy (non-hydrogen) atoms. The van der Waals surface area contributed by atoms with E-state index in [4.69, 9.17) is 5.26 Å². The lowest BCUT2D eigenvalue weighted by Gasteiger charge is -2.10. The SMILES string of the molecule is CC(C)NS(=O)(=O)Cc1ccc(CNC(=O)CSCC#N)cc1. The second kappa shape index (κ2) is 9.55. The number of rotatable bonds is 9. The summed E-state index contributed by atoms with van der Waals surface area (Å²) in [5.74, 6) is 0.354. The van der Waals surface area contributed by atoms with Crippen LogP contribution in [-0.2, 0) is 27.1 Å². The second-order valence-electron chi connectivity index (χ2n) is 5.28. The van der Waals surface area contributed by atoms with Crippen LogP contribution in [0, 0.1) is 11.3 Å². The molecule has 1 amide bonds. The zero-order chi connectivity index (χ0) is 17.3. The maximum atomic E-state index is 11.8. The van der Waals surface area contributed by atoms with Gasteiger partial charge in [0.2, 0.25) is 15.9 Å². The molecule has 1 rings (SSSR count). The Balaban J connectivity index is 2.48. The molecule has 0 aliphatic heterocycles. The Morgan fingerprint density at radius 1 is 1.26 bits per heavy atom. The summed E-state index contributed by atoms with van der Waals surface area (Å²) in [7, 11) is -3.33. The number of nitrogens with zero attached hydrogens (tertiary/aromatic N) is 1. The number of carbonyl (C=O) groups excluding carboxylic acids is 1. The summed E-state index contributed by atoms with van der Waals surface area (Å²) in [6.45, 7) is 3.93. The molecular weight excluding hydrogens is 334 g/mol. The molecule has 0 spiro atoms. The fraction of sp³-hybridized carbons (Fsp3) is 0.467. The van der Waals surface area contributed by atoms with E-state index < -0.39 is 10.0 Å². The van der Waals surface area contributed by atoms with Crippen molar-refractivity contribution in [1.82, 2.24) is 10.0 Å². The number of carbonyl (C=O) groups is 1. The molecule has 126 valence electrons. The van der Waals surface area contributed by atoms with Crippen LogP contribution in [0.15, 0.2) is 24.3 Å². The van der Waals surface area contributed by atoms with Gasteiger partial charge >= 0.3 is 0 Å². The van der Waals surface area contributed by atoms with E-state index in [9.17, 15) is 13.2 Å². The van der Waals surface area contributed by atoms with E-state index in [1.54, 1.807) is 38.1 Å². The minimum Gasteiger partial charge on any atom is -0.351 e. The van der Waals surface area contributed by atoms with Gasteiger partial charge in [-0.15, -0.1) is 11.8 Å². The number of nitrogens with one attached hydrogen (secondary N) is 2. The third kappa shape index (κ3) is 8.59. The van der Waals surface area contributed by atoms with Crippen molar-refractivity contribution in [3.05, 3.63) is 35.4 Å². The Morgan fingerprint density at radius 2 is 1.87 bits per heavy atom. The van der Waals surface area contributed by atoms with Crippen molar-refractivity contribution in [2.75, 3.05) is 11.5 Å². The van der Waals surface area contributed by atoms with Crippen LogP contribution in [0.1, 0.15) is 25.0 Å². The van der Waals surface area contributed by atoms with Gasteiger partial charge in [0, 0.05) is 12.6 Å². The van der Waals surface area contributed by atoms with Crippen LogP contribution in [0.2, 0.25) is 0 Å². The quantitative estimate of drug-likeness (QED) is 0.652. The maximum Gasteiger partial charge on any atom is 0.230 e. The lowest BCUT2D eigenvalue weighted by Crippen LogP contribution is -2.31.